The summed E-state index contributed by atoms with van der Waals surface area (Å²) in [4.78, 5) is 19.0. The maximum absolute atomic E-state index is 12.7. The van der Waals surface area contributed by atoms with Crippen molar-refractivity contribution in [2.75, 3.05) is 23.3 Å². The molecule has 0 radical (unpaired) electrons. The van der Waals surface area contributed by atoms with Crippen molar-refractivity contribution in [1.29, 1.82) is 5.26 Å². The minimum atomic E-state index is -0.0801. The van der Waals surface area contributed by atoms with Gasteiger partial charge in [-0.2, -0.15) is 10.2 Å². The largest absolute Gasteiger partial charge is 0.459 e. The molecule has 0 saturated carbocycles. The van der Waals surface area contributed by atoms with Gasteiger partial charge in [0.15, 0.2) is 5.76 Å². The fourth-order valence-electron chi connectivity index (χ4n) is 3.82. The molecule has 1 aliphatic rings. The van der Waals surface area contributed by atoms with Crippen molar-refractivity contribution in [1.82, 2.24) is 4.98 Å². The van der Waals surface area contributed by atoms with E-state index in [1.165, 1.54) is 11.8 Å². The van der Waals surface area contributed by atoms with Gasteiger partial charge in [-0.05, 0) is 55.0 Å². The van der Waals surface area contributed by atoms with Gasteiger partial charge in [0.1, 0.15) is 6.07 Å². The number of carbonyl (C=O) groups excluding carboxylic acids is 1. The van der Waals surface area contributed by atoms with Crippen molar-refractivity contribution in [3.05, 3.63) is 53.9 Å². The fourth-order valence-corrected chi connectivity index (χ4v) is 3.82. The zero-order valence-electron chi connectivity index (χ0n) is 17.8. The van der Waals surface area contributed by atoms with E-state index in [2.05, 4.69) is 42.4 Å². The number of piperidine rings is 1. The van der Waals surface area contributed by atoms with Crippen LogP contribution in [0.5, 0.6) is 0 Å². The molecule has 160 valence electrons. The van der Waals surface area contributed by atoms with Crippen LogP contribution in [0.2, 0.25) is 0 Å². The number of benzene rings is 1. The maximum Gasteiger partial charge on any atom is 0.266 e. The number of furan rings is 1. The summed E-state index contributed by atoms with van der Waals surface area (Å²) in [5.74, 6) is 1.67. The van der Waals surface area contributed by atoms with Crippen LogP contribution in [0.1, 0.15) is 50.3 Å². The Morgan fingerprint density at radius 3 is 2.65 bits per heavy atom. The Morgan fingerprint density at radius 1 is 1.29 bits per heavy atom. The van der Waals surface area contributed by atoms with E-state index in [0.29, 0.717) is 43.5 Å². The molecule has 1 N–H and O–H groups in total. The first-order valence-electron chi connectivity index (χ1n) is 10.7. The van der Waals surface area contributed by atoms with E-state index in [9.17, 15) is 10.1 Å². The number of hydrogen-bond acceptors (Lipinski definition) is 6. The first-order valence-corrected chi connectivity index (χ1v) is 10.7. The van der Waals surface area contributed by atoms with Crippen LogP contribution in [-0.2, 0) is 4.79 Å². The highest BCUT2D eigenvalue weighted by atomic mass is 16.4. The first-order chi connectivity index (χ1) is 15.1. The number of anilines is 2. The summed E-state index contributed by atoms with van der Waals surface area (Å²) in [5, 5.41) is 12.5. The third kappa shape index (κ3) is 4.48. The molecule has 31 heavy (non-hydrogen) atoms. The summed E-state index contributed by atoms with van der Waals surface area (Å²) >= 11 is 0. The third-order valence-electron chi connectivity index (χ3n) is 5.96. The number of oxazole rings is 1. The zero-order valence-corrected chi connectivity index (χ0v) is 17.8. The predicted octanol–water partition coefficient (Wildman–Crippen LogP) is 5.17. The number of nitrogens with zero attached hydrogens (tertiary/aromatic N) is 3. The summed E-state index contributed by atoms with van der Waals surface area (Å²) in [5.41, 5.74) is 2.34. The Labute approximate surface area is 181 Å². The monoisotopic (exact) mass is 418 g/mol. The van der Waals surface area contributed by atoms with Gasteiger partial charge in [0.05, 0.1) is 6.26 Å². The lowest BCUT2D eigenvalue weighted by molar-refractivity contribution is -0.120. The number of hydrogen-bond donors (Lipinski definition) is 1. The number of nitrogens with one attached hydrogen (secondary N) is 1. The second kappa shape index (κ2) is 9.09. The van der Waals surface area contributed by atoms with Gasteiger partial charge in [-0.15, -0.1) is 0 Å². The predicted molar refractivity (Wildman–Crippen MR) is 118 cm³/mol. The van der Waals surface area contributed by atoms with Crippen molar-refractivity contribution in [3.8, 4) is 17.7 Å². The van der Waals surface area contributed by atoms with Gasteiger partial charge in [-0.25, -0.2) is 0 Å². The molecule has 7 nitrogen and oxygen atoms in total. The third-order valence-corrected chi connectivity index (χ3v) is 5.96. The van der Waals surface area contributed by atoms with Gasteiger partial charge in [0.2, 0.25) is 17.5 Å². The molecule has 2 aromatic heterocycles. The van der Waals surface area contributed by atoms with Crippen LogP contribution in [0, 0.1) is 17.2 Å². The number of amides is 1. The molecule has 3 aromatic rings. The molecule has 1 fully saturated rings. The van der Waals surface area contributed by atoms with Crippen LogP contribution in [0.4, 0.5) is 11.6 Å². The fraction of sp³-hybridized carbons (Fsp3) is 0.375. The molecule has 0 bridgehead atoms. The highest BCUT2D eigenvalue weighted by molar-refractivity contribution is 5.92. The van der Waals surface area contributed by atoms with E-state index in [1.807, 2.05) is 17.0 Å². The number of rotatable bonds is 6. The van der Waals surface area contributed by atoms with E-state index >= 15 is 0 Å². The second-order valence-corrected chi connectivity index (χ2v) is 7.94. The van der Waals surface area contributed by atoms with Crippen LogP contribution in [0.3, 0.4) is 0 Å². The Kier molecular flexibility index (Phi) is 6.08. The SMILES string of the molecule is CCC(C)c1ccc(NC(=O)C2CCN(c3oc(-c4ccco4)nc3C#N)CC2)cc1. The van der Waals surface area contributed by atoms with Crippen LogP contribution < -0.4 is 10.2 Å². The van der Waals surface area contributed by atoms with Crippen molar-refractivity contribution in [2.45, 2.75) is 39.0 Å². The van der Waals surface area contributed by atoms with Crippen molar-refractivity contribution in [3.63, 3.8) is 0 Å². The molecule has 1 unspecified atom stereocenters. The molecule has 1 saturated heterocycles. The average molecular weight is 418 g/mol. The molecular weight excluding hydrogens is 392 g/mol. The molecule has 1 atom stereocenters. The van der Waals surface area contributed by atoms with Gasteiger partial charge >= 0.3 is 0 Å². The Balaban J connectivity index is 1.36. The zero-order chi connectivity index (χ0) is 21.8. The van der Waals surface area contributed by atoms with Crippen molar-refractivity contribution in [2.24, 2.45) is 5.92 Å². The highest BCUT2D eigenvalue weighted by Gasteiger charge is 2.29. The lowest BCUT2D eigenvalue weighted by Crippen LogP contribution is -2.38. The van der Waals surface area contributed by atoms with Gasteiger partial charge in [-0.1, -0.05) is 26.0 Å². The topological polar surface area (TPSA) is 95.3 Å². The van der Waals surface area contributed by atoms with Crippen LogP contribution >= 0.6 is 0 Å². The summed E-state index contributed by atoms with van der Waals surface area (Å²) in [6.07, 6.45) is 3.98. The highest BCUT2D eigenvalue weighted by Crippen LogP contribution is 2.31. The Hall–Kier alpha value is -3.53. The van der Waals surface area contributed by atoms with E-state index in [0.717, 1.165) is 12.1 Å². The van der Waals surface area contributed by atoms with Crippen LogP contribution in [0.25, 0.3) is 11.7 Å². The second-order valence-electron chi connectivity index (χ2n) is 7.94. The lowest BCUT2D eigenvalue weighted by atomic mass is 9.95. The molecule has 0 aliphatic carbocycles. The van der Waals surface area contributed by atoms with Crippen molar-refractivity contribution >= 4 is 17.5 Å². The minimum absolute atomic E-state index is 0.0327. The normalized spacial score (nSPS) is 15.5. The summed E-state index contributed by atoms with van der Waals surface area (Å²) < 4.78 is 11.1. The standard InChI is InChI=1S/C24H26N4O3/c1-3-16(2)17-6-8-19(9-7-17)26-22(29)18-10-12-28(13-11-18)24-20(15-25)27-23(31-24)21-5-4-14-30-21/h4-9,14,16,18H,3,10-13H2,1-2H3,(H,26,29). The van der Waals surface area contributed by atoms with Gasteiger partial charge < -0.3 is 19.1 Å². The molecule has 3 heterocycles. The summed E-state index contributed by atoms with van der Waals surface area (Å²) in [7, 11) is 0. The molecular formula is C24H26N4O3. The van der Waals surface area contributed by atoms with E-state index in [-0.39, 0.29) is 23.4 Å². The maximum atomic E-state index is 12.7. The van der Waals surface area contributed by atoms with Gasteiger partial charge in [-0.3, -0.25) is 4.79 Å². The van der Waals surface area contributed by atoms with Gasteiger partial charge in [0.25, 0.3) is 5.89 Å². The first kappa shape index (κ1) is 20.7. The Morgan fingerprint density at radius 2 is 2.03 bits per heavy atom. The molecule has 4 rings (SSSR count). The molecule has 1 aromatic carbocycles. The number of carbonyl (C=O) groups is 1. The van der Waals surface area contributed by atoms with Crippen LogP contribution in [0.15, 0.2) is 51.5 Å². The minimum Gasteiger partial charge on any atom is -0.459 e. The quantitative estimate of drug-likeness (QED) is 0.593. The van der Waals surface area contributed by atoms with Crippen molar-refractivity contribution < 1.29 is 13.6 Å². The number of nitriles is 1. The summed E-state index contributed by atoms with van der Waals surface area (Å²) in [6.45, 7) is 5.60. The van der Waals surface area contributed by atoms with Gasteiger partial charge in [0, 0.05) is 24.7 Å². The number of aromatic nitrogens is 1. The molecule has 0 spiro atoms. The van der Waals surface area contributed by atoms with E-state index in [4.69, 9.17) is 8.83 Å². The Bertz CT molecular complexity index is 1060. The van der Waals surface area contributed by atoms with E-state index < -0.39 is 0 Å². The molecule has 1 aliphatic heterocycles. The molecule has 7 heteroatoms. The average Bonchev–Trinajstić information content (AvgIpc) is 3.49. The lowest BCUT2D eigenvalue weighted by Gasteiger charge is -2.31. The summed E-state index contributed by atoms with van der Waals surface area (Å²) in [6, 6.07) is 13.7. The van der Waals surface area contributed by atoms with E-state index in [1.54, 1.807) is 12.1 Å². The smallest absolute Gasteiger partial charge is 0.266 e. The molecule has 1 amide bonds. The van der Waals surface area contributed by atoms with Crippen LogP contribution in [-0.4, -0.2) is 24.0 Å².